The van der Waals surface area contributed by atoms with Crippen molar-refractivity contribution in [3.05, 3.63) is 24.3 Å². The third kappa shape index (κ3) is 6.69. The monoisotopic (exact) mass is 373 g/mol. The molecule has 0 fully saturated rings. The van der Waals surface area contributed by atoms with Gasteiger partial charge in [-0.15, -0.1) is 0 Å². The van der Waals surface area contributed by atoms with Crippen molar-refractivity contribution in [3.63, 3.8) is 0 Å². The van der Waals surface area contributed by atoms with Crippen LogP contribution in [0.25, 0.3) is 0 Å². The first-order valence-electron chi connectivity index (χ1n) is 7.38. The van der Waals surface area contributed by atoms with Gasteiger partial charge in [0.2, 0.25) is 10.0 Å². The topological polar surface area (TPSA) is 145 Å². The quantitative estimate of drug-likeness (QED) is 0.497. The Hall–Kier alpha value is -2.17. The average molecular weight is 373 g/mol. The predicted octanol–water partition coefficient (Wildman–Crippen LogP) is 0.721. The lowest BCUT2D eigenvalue weighted by Crippen LogP contribution is -2.47. The van der Waals surface area contributed by atoms with Gasteiger partial charge in [0.1, 0.15) is 0 Å². The van der Waals surface area contributed by atoms with Crippen LogP contribution in [0.3, 0.4) is 0 Å². The molecule has 0 radical (unpaired) electrons. The largest absolute Gasteiger partial charge is 0.479 e. The molecule has 0 aliphatic carbocycles. The number of nitrogens with one attached hydrogen (secondary N) is 3. The van der Waals surface area contributed by atoms with Crippen molar-refractivity contribution >= 4 is 27.7 Å². The summed E-state index contributed by atoms with van der Waals surface area (Å²) >= 11 is 0. The maximum absolute atomic E-state index is 12.3. The number of anilines is 1. The van der Waals surface area contributed by atoms with Crippen LogP contribution in [0.1, 0.15) is 27.7 Å². The molecular formula is C15H23N3O6S. The molecule has 140 valence electrons. The van der Waals surface area contributed by atoms with Gasteiger partial charge in [0.15, 0.2) is 5.60 Å². The molecular weight excluding hydrogens is 350 g/mol. The van der Waals surface area contributed by atoms with Crippen LogP contribution in [0, 0.1) is 0 Å². The highest BCUT2D eigenvalue weighted by molar-refractivity contribution is 7.89. The molecule has 9 nitrogen and oxygen atoms in total. The Kier molecular flexibility index (Phi) is 6.16. The normalized spacial score (nSPS) is 14.4. The van der Waals surface area contributed by atoms with Gasteiger partial charge in [-0.2, -0.15) is 0 Å². The Bertz CT molecular complexity index is 753. The predicted molar refractivity (Wildman–Crippen MR) is 91.8 cm³/mol. The lowest BCUT2D eigenvalue weighted by molar-refractivity contribution is -0.155. The van der Waals surface area contributed by atoms with Crippen LogP contribution in [0.2, 0.25) is 0 Å². The Morgan fingerprint density at radius 1 is 1.16 bits per heavy atom. The molecule has 5 N–H and O–H groups in total. The van der Waals surface area contributed by atoms with Gasteiger partial charge in [-0.05, 0) is 45.9 Å². The van der Waals surface area contributed by atoms with Gasteiger partial charge in [-0.25, -0.2) is 22.7 Å². The highest BCUT2D eigenvalue weighted by Gasteiger charge is 2.30. The second-order valence-electron chi connectivity index (χ2n) is 6.77. The average Bonchev–Trinajstić information content (AvgIpc) is 2.43. The summed E-state index contributed by atoms with van der Waals surface area (Å²) in [6.45, 7) is 5.63. The molecule has 1 aromatic rings. The fourth-order valence-corrected chi connectivity index (χ4v) is 3.17. The smallest absolute Gasteiger partial charge is 0.337 e. The van der Waals surface area contributed by atoms with Crippen LogP contribution in [-0.2, 0) is 14.8 Å². The van der Waals surface area contributed by atoms with E-state index in [1.54, 1.807) is 20.8 Å². The van der Waals surface area contributed by atoms with Crippen molar-refractivity contribution in [2.24, 2.45) is 0 Å². The molecule has 2 amide bonds. The van der Waals surface area contributed by atoms with E-state index < -0.39 is 39.7 Å². The summed E-state index contributed by atoms with van der Waals surface area (Å²) in [5, 5.41) is 22.9. The molecule has 10 heteroatoms. The summed E-state index contributed by atoms with van der Waals surface area (Å²) in [6.07, 6.45) is 0. The van der Waals surface area contributed by atoms with E-state index in [4.69, 9.17) is 5.11 Å². The Balaban J connectivity index is 2.82. The first-order chi connectivity index (χ1) is 11.2. The molecule has 25 heavy (non-hydrogen) atoms. The van der Waals surface area contributed by atoms with Gasteiger partial charge < -0.3 is 20.8 Å². The van der Waals surface area contributed by atoms with Gasteiger partial charge in [0, 0.05) is 11.2 Å². The highest BCUT2D eigenvalue weighted by Crippen LogP contribution is 2.17. The van der Waals surface area contributed by atoms with Crippen molar-refractivity contribution in [1.29, 1.82) is 0 Å². The molecule has 1 unspecified atom stereocenters. The van der Waals surface area contributed by atoms with E-state index in [9.17, 15) is 23.1 Å². The van der Waals surface area contributed by atoms with E-state index in [0.717, 1.165) is 6.92 Å². The Morgan fingerprint density at radius 3 is 2.28 bits per heavy atom. The number of carboxylic acid groups (broad SMARTS) is 1. The molecule has 0 spiro atoms. The molecule has 0 aliphatic heterocycles. The van der Waals surface area contributed by atoms with Crippen LogP contribution < -0.4 is 15.4 Å². The van der Waals surface area contributed by atoms with Crippen LogP contribution in [-0.4, -0.2) is 48.3 Å². The number of amides is 2. The van der Waals surface area contributed by atoms with Crippen molar-refractivity contribution in [1.82, 2.24) is 10.0 Å². The van der Waals surface area contributed by atoms with Crippen molar-refractivity contribution in [2.45, 2.75) is 43.7 Å². The zero-order valence-corrected chi connectivity index (χ0v) is 15.3. The summed E-state index contributed by atoms with van der Waals surface area (Å²) in [5.41, 5.74) is -2.58. The lowest BCUT2D eigenvalue weighted by Gasteiger charge is -2.21. The highest BCUT2D eigenvalue weighted by atomic mass is 32.2. The molecule has 0 bridgehead atoms. The number of carboxylic acids is 1. The summed E-state index contributed by atoms with van der Waals surface area (Å²) in [6, 6.07) is 4.81. The minimum atomic E-state index is -3.76. The van der Waals surface area contributed by atoms with Gasteiger partial charge >= 0.3 is 12.0 Å². The standard InChI is InChI=1S/C15H23N3O6S/c1-14(2,3)18-25(23,24)11-7-5-6-10(8-11)17-13(21)16-9-15(4,22)12(19)20/h5-8,18,22H,9H2,1-4H3,(H,19,20)(H2,16,17,21). The van der Waals surface area contributed by atoms with Crippen LogP contribution in [0.5, 0.6) is 0 Å². The van der Waals surface area contributed by atoms with E-state index >= 15 is 0 Å². The summed E-state index contributed by atoms with van der Waals surface area (Å²) in [5.74, 6) is -1.48. The molecule has 1 aromatic carbocycles. The number of carbonyl (C=O) groups excluding carboxylic acids is 1. The second kappa shape index (κ2) is 7.38. The zero-order valence-electron chi connectivity index (χ0n) is 14.5. The van der Waals surface area contributed by atoms with Crippen LogP contribution in [0.4, 0.5) is 10.5 Å². The van der Waals surface area contributed by atoms with Gasteiger partial charge in [-0.3, -0.25) is 0 Å². The Morgan fingerprint density at radius 2 is 1.76 bits per heavy atom. The number of sulfonamides is 1. The van der Waals surface area contributed by atoms with E-state index in [1.165, 1.54) is 24.3 Å². The molecule has 0 aromatic heterocycles. The number of hydrogen-bond donors (Lipinski definition) is 5. The van der Waals surface area contributed by atoms with Crippen LogP contribution in [0.15, 0.2) is 29.2 Å². The van der Waals surface area contributed by atoms with E-state index in [-0.39, 0.29) is 10.6 Å². The fourth-order valence-electron chi connectivity index (χ4n) is 1.71. The molecule has 1 rings (SSSR count). The number of hydrogen-bond acceptors (Lipinski definition) is 5. The molecule has 0 saturated carbocycles. The Labute approximate surface area is 146 Å². The minimum absolute atomic E-state index is 0.0299. The maximum Gasteiger partial charge on any atom is 0.337 e. The third-order valence-electron chi connectivity index (χ3n) is 2.90. The number of urea groups is 1. The first kappa shape index (κ1) is 20.9. The number of carbonyl (C=O) groups is 2. The van der Waals surface area contributed by atoms with E-state index in [0.29, 0.717) is 0 Å². The molecule has 0 heterocycles. The molecule has 1 atom stereocenters. The SMILES string of the molecule is CC(C)(C)NS(=O)(=O)c1cccc(NC(=O)NCC(C)(O)C(=O)O)c1. The first-order valence-corrected chi connectivity index (χ1v) is 8.86. The zero-order chi connectivity index (χ0) is 19.5. The van der Waals surface area contributed by atoms with E-state index in [1.807, 2.05) is 0 Å². The van der Waals surface area contributed by atoms with Gasteiger partial charge in [0.05, 0.1) is 11.4 Å². The van der Waals surface area contributed by atoms with Crippen molar-refractivity contribution < 1.29 is 28.2 Å². The molecule has 0 aliphatic rings. The number of aliphatic carboxylic acids is 1. The maximum atomic E-state index is 12.3. The van der Waals surface area contributed by atoms with Gasteiger partial charge in [-0.1, -0.05) is 6.07 Å². The van der Waals surface area contributed by atoms with Gasteiger partial charge in [0.25, 0.3) is 0 Å². The van der Waals surface area contributed by atoms with Crippen molar-refractivity contribution in [2.75, 3.05) is 11.9 Å². The summed E-state index contributed by atoms with van der Waals surface area (Å²) < 4.78 is 27.1. The third-order valence-corrected chi connectivity index (χ3v) is 4.65. The summed E-state index contributed by atoms with van der Waals surface area (Å²) in [4.78, 5) is 22.5. The van der Waals surface area contributed by atoms with Crippen molar-refractivity contribution in [3.8, 4) is 0 Å². The number of benzene rings is 1. The number of rotatable bonds is 6. The second-order valence-corrected chi connectivity index (χ2v) is 8.45. The number of aliphatic hydroxyl groups is 1. The molecule has 0 saturated heterocycles. The summed E-state index contributed by atoms with van der Waals surface area (Å²) in [7, 11) is -3.76. The minimum Gasteiger partial charge on any atom is -0.479 e. The van der Waals surface area contributed by atoms with Crippen LogP contribution >= 0.6 is 0 Å². The van der Waals surface area contributed by atoms with E-state index in [2.05, 4.69) is 15.4 Å². The lowest BCUT2D eigenvalue weighted by atomic mass is 10.1. The fraction of sp³-hybridized carbons (Fsp3) is 0.467.